The van der Waals surface area contributed by atoms with Gasteiger partial charge >= 0.3 is 35.5 Å². The number of hydrogen-bond donors (Lipinski definition) is 0. The average Bonchev–Trinajstić information content (AvgIpc) is 3.19. The Morgan fingerprint density at radius 3 is 2.02 bits per heavy atom. The van der Waals surface area contributed by atoms with Crippen molar-refractivity contribution in [2.75, 3.05) is 6.61 Å². The highest BCUT2D eigenvalue weighted by Crippen LogP contribution is 2.57. The standard InChI is InChI=1S/C45H43N2O11S/c1-4-5-18-55-41(49)36-34(42(50)57-40(48)32-16-11-17-33(59)39(32)47(53)54)35(43(51)56-25(2)3)37(31-15-10-9-14-30(31)29-12-7-6-8-13-29)46-38(36)44(52)58-45-22-26-19-27(23-45)21-28(20-26)24-45/h6-17,25-28H,4-5,18-24H2,1-3H3. The van der Waals surface area contributed by atoms with Crippen molar-refractivity contribution >= 4 is 48.2 Å². The lowest BCUT2D eigenvalue weighted by Crippen LogP contribution is -2.52. The Balaban J connectivity index is 1.49. The van der Waals surface area contributed by atoms with Crippen molar-refractivity contribution in [3.63, 3.8) is 0 Å². The van der Waals surface area contributed by atoms with Crippen molar-refractivity contribution in [3.8, 4) is 22.4 Å². The molecule has 13 nitrogen and oxygen atoms in total. The van der Waals surface area contributed by atoms with E-state index in [1.807, 2.05) is 37.3 Å². The van der Waals surface area contributed by atoms with Crippen LogP contribution in [-0.4, -0.2) is 58.1 Å². The maximum absolute atomic E-state index is 14.8. The van der Waals surface area contributed by atoms with Gasteiger partial charge in [-0.1, -0.05) is 86.6 Å². The molecule has 4 saturated carbocycles. The second-order valence-corrected chi connectivity index (χ2v) is 16.3. The quantitative estimate of drug-likeness (QED) is 0.0312. The number of esters is 5. The summed E-state index contributed by atoms with van der Waals surface area (Å²) < 4.78 is 23.1. The van der Waals surface area contributed by atoms with E-state index in [0.717, 1.165) is 25.3 Å². The van der Waals surface area contributed by atoms with Crippen LogP contribution in [0, 0.1) is 27.9 Å². The number of rotatable bonds is 13. The fourth-order valence-corrected chi connectivity index (χ4v) is 9.47. The average molecular weight is 820 g/mol. The molecule has 1 radical (unpaired) electrons. The molecule has 4 aromatic rings. The molecule has 0 saturated heterocycles. The second-order valence-electron chi connectivity index (χ2n) is 15.9. The van der Waals surface area contributed by atoms with E-state index in [9.17, 15) is 34.1 Å². The van der Waals surface area contributed by atoms with Gasteiger partial charge in [0, 0.05) is 5.56 Å². The van der Waals surface area contributed by atoms with Gasteiger partial charge in [0.25, 0.3) is 0 Å². The molecule has 305 valence electrons. The van der Waals surface area contributed by atoms with Gasteiger partial charge < -0.3 is 18.9 Å². The molecular weight excluding hydrogens is 777 g/mol. The van der Waals surface area contributed by atoms with Gasteiger partial charge in [0.15, 0.2) is 5.69 Å². The SMILES string of the molecule is CCCCOC(=O)c1c(C(=O)OC23CC4CC(CC(C4)C2)C3)nc(-c2ccccc2-c2ccccc2)c(C(=O)OC(C)C)c1C(=O)OC(=O)c1cccc([S])c1[N+](=O)[O-]. The molecule has 0 N–H and O–H groups in total. The van der Waals surface area contributed by atoms with Gasteiger partial charge in [-0.25, -0.2) is 29.0 Å². The van der Waals surface area contributed by atoms with Gasteiger partial charge in [0.2, 0.25) is 0 Å². The number of nitro groups is 1. The Morgan fingerprint density at radius 1 is 0.780 bits per heavy atom. The van der Waals surface area contributed by atoms with Gasteiger partial charge in [-0.3, -0.25) is 10.1 Å². The van der Waals surface area contributed by atoms with Crippen molar-refractivity contribution in [1.29, 1.82) is 0 Å². The molecule has 1 aromatic heterocycles. The molecule has 4 aliphatic carbocycles. The largest absolute Gasteiger partial charge is 0.462 e. The van der Waals surface area contributed by atoms with Crippen molar-refractivity contribution < 1.29 is 47.8 Å². The summed E-state index contributed by atoms with van der Waals surface area (Å²) in [5, 5.41) is 12.0. The molecular formula is C45H43N2O11S. The number of carbonyl (C=O) groups is 5. The molecule has 0 amide bonds. The number of hydrogen-bond acceptors (Lipinski definition) is 12. The first-order chi connectivity index (χ1) is 28.3. The Morgan fingerprint density at radius 2 is 1.41 bits per heavy atom. The zero-order valence-corrected chi connectivity index (χ0v) is 33.7. The first-order valence-corrected chi connectivity index (χ1v) is 20.2. The van der Waals surface area contributed by atoms with Crippen LogP contribution >= 0.6 is 12.6 Å². The lowest BCUT2D eigenvalue weighted by molar-refractivity contribution is -0.388. The predicted molar refractivity (Wildman–Crippen MR) is 216 cm³/mol. The Bertz CT molecular complexity index is 2310. The summed E-state index contributed by atoms with van der Waals surface area (Å²) in [6.07, 6.45) is 5.32. The van der Waals surface area contributed by atoms with Gasteiger partial charge in [0.1, 0.15) is 27.2 Å². The van der Waals surface area contributed by atoms with Crippen molar-refractivity contribution in [3.05, 3.63) is 111 Å². The minimum atomic E-state index is -1.60. The minimum absolute atomic E-state index is 0.131. The normalized spacial score (nSPS) is 20.2. The third-order valence-electron chi connectivity index (χ3n) is 11.2. The van der Waals surface area contributed by atoms with Crippen LogP contribution in [0.5, 0.6) is 0 Å². The topological polar surface area (TPSA) is 178 Å². The monoisotopic (exact) mass is 819 g/mol. The summed E-state index contributed by atoms with van der Waals surface area (Å²) >= 11 is 5.10. The van der Waals surface area contributed by atoms with Crippen molar-refractivity contribution in [2.45, 2.75) is 88.7 Å². The Kier molecular flexibility index (Phi) is 11.9. The predicted octanol–water partition coefficient (Wildman–Crippen LogP) is 9.53. The van der Waals surface area contributed by atoms with E-state index in [0.29, 0.717) is 61.0 Å². The summed E-state index contributed by atoms with van der Waals surface area (Å²) in [7, 11) is 0. The maximum Gasteiger partial charge on any atom is 0.358 e. The minimum Gasteiger partial charge on any atom is -0.462 e. The van der Waals surface area contributed by atoms with E-state index >= 15 is 0 Å². The smallest absolute Gasteiger partial charge is 0.358 e. The van der Waals surface area contributed by atoms with Gasteiger partial charge in [-0.2, -0.15) is 0 Å². The van der Waals surface area contributed by atoms with Crippen LogP contribution in [0.3, 0.4) is 0 Å². The lowest BCUT2D eigenvalue weighted by Gasteiger charge is -2.55. The van der Waals surface area contributed by atoms with E-state index in [1.165, 1.54) is 12.1 Å². The van der Waals surface area contributed by atoms with Gasteiger partial charge in [0.05, 0.1) is 28.9 Å². The van der Waals surface area contributed by atoms with Crippen LogP contribution in [0.4, 0.5) is 5.69 Å². The number of unbranched alkanes of at least 4 members (excludes halogenated alkanes) is 1. The number of ether oxygens (including phenoxy) is 4. The number of nitro benzene ring substituents is 1. The highest BCUT2D eigenvalue weighted by molar-refractivity contribution is 7.80. The fraction of sp³-hybridized carbons (Fsp3) is 0.378. The van der Waals surface area contributed by atoms with E-state index in [-0.39, 0.29) is 22.8 Å². The second kappa shape index (κ2) is 17.1. The van der Waals surface area contributed by atoms with Crippen LogP contribution in [0.1, 0.15) is 124 Å². The highest BCUT2D eigenvalue weighted by atomic mass is 32.1. The third-order valence-corrected chi connectivity index (χ3v) is 11.6. The van der Waals surface area contributed by atoms with Gasteiger partial charge in [-0.15, -0.1) is 0 Å². The maximum atomic E-state index is 14.8. The molecule has 4 aliphatic rings. The molecule has 14 heteroatoms. The van der Waals surface area contributed by atoms with Gasteiger partial charge in [-0.05, 0) is 99.8 Å². The summed E-state index contributed by atoms with van der Waals surface area (Å²) in [4.78, 5) is 87.8. The third kappa shape index (κ3) is 8.45. The molecule has 1 heterocycles. The number of pyridine rings is 1. The Hall–Kier alpha value is -6.02. The van der Waals surface area contributed by atoms with Crippen LogP contribution in [0.15, 0.2) is 77.7 Å². The van der Waals surface area contributed by atoms with Crippen molar-refractivity contribution in [2.24, 2.45) is 17.8 Å². The Labute approximate surface area is 346 Å². The molecule has 4 fully saturated rings. The molecule has 0 unspecified atom stereocenters. The lowest BCUT2D eigenvalue weighted by atomic mass is 9.54. The molecule has 3 aromatic carbocycles. The van der Waals surface area contributed by atoms with Crippen molar-refractivity contribution in [1.82, 2.24) is 4.98 Å². The zero-order valence-electron chi connectivity index (χ0n) is 32.9. The molecule has 0 spiro atoms. The number of carbonyl (C=O) groups excluding carboxylic acids is 5. The number of nitrogens with zero attached hydrogens (tertiary/aromatic N) is 2. The van der Waals surface area contributed by atoms with Crippen LogP contribution in [0.25, 0.3) is 22.4 Å². The number of para-hydroxylation sites is 1. The zero-order chi connectivity index (χ0) is 42.0. The summed E-state index contributed by atoms with van der Waals surface area (Å²) in [5.41, 5.74) is -3.88. The highest BCUT2D eigenvalue weighted by Gasteiger charge is 2.54. The summed E-state index contributed by atoms with van der Waals surface area (Å²) in [5.74, 6) is -5.34. The summed E-state index contributed by atoms with van der Waals surface area (Å²) in [6, 6.07) is 19.5. The first-order valence-electron chi connectivity index (χ1n) is 19.8. The van der Waals surface area contributed by atoms with Crippen LogP contribution in [0.2, 0.25) is 0 Å². The van der Waals surface area contributed by atoms with E-state index in [2.05, 4.69) is 0 Å². The van der Waals surface area contributed by atoms with E-state index < -0.39 is 80.1 Å². The molecule has 0 aliphatic heterocycles. The molecule has 59 heavy (non-hydrogen) atoms. The fourth-order valence-electron chi connectivity index (χ4n) is 9.21. The number of benzene rings is 3. The van der Waals surface area contributed by atoms with E-state index in [1.54, 1.807) is 38.1 Å². The first kappa shape index (κ1) is 41.2. The van der Waals surface area contributed by atoms with Crippen LogP contribution in [-0.2, 0) is 18.9 Å². The summed E-state index contributed by atoms with van der Waals surface area (Å²) in [6.45, 7) is 4.88. The number of aromatic nitrogens is 1. The van der Waals surface area contributed by atoms with E-state index in [4.69, 9.17) is 36.6 Å². The molecule has 0 atom stereocenters. The molecule has 4 bridgehead atoms. The van der Waals surface area contributed by atoms with Crippen LogP contribution < -0.4 is 0 Å². The molecule has 8 rings (SSSR count).